The van der Waals surface area contributed by atoms with E-state index in [0.29, 0.717) is 5.69 Å². The van der Waals surface area contributed by atoms with Gasteiger partial charge in [-0.1, -0.05) is 18.2 Å². The van der Waals surface area contributed by atoms with Crippen molar-refractivity contribution in [2.75, 3.05) is 11.9 Å². The molecule has 0 fully saturated rings. The van der Waals surface area contributed by atoms with Crippen LogP contribution in [0, 0.1) is 11.3 Å². The van der Waals surface area contributed by atoms with Gasteiger partial charge in [-0.3, -0.25) is 5.32 Å². The lowest BCUT2D eigenvalue weighted by atomic mass is 10.3. The monoisotopic (exact) mass is 190 g/mol. The number of hydrogen-bond donors (Lipinski definition) is 1. The minimum atomic E-state index is -0.536. The van der Waals surface area contributed by atoms with Crippen LogP contribution in [0.15, 0.2) is 30.3 Å². The number of benzene rings is 1. The molecule has 0 saturated carbocycles. The Morgan fingerprint density at radius 3 is 2.79 bits per heavy atom. The number of hydrogen-bond acceptors (Lipinski definition) is 3. The third-order valence-corrected chi connectivity index (χ3v) is 1.47. The Morgan fingerprint density at radius 2 is 2.14 bits per heavy atom. The Bertz CT molecular complexity index is 330. The van der Waals surface area contributed by atoms with E-state index in [1.807, 2.05) is 24.3 Å². The van der Waals surface area contributed by atoms with Crippen molar-refractivity contribution in [3.63, 3.8) is 0 Å². The molecule has 14 heavy (non-hydrogen) atoms. The lowest BCUT2D eigenvalue weighted by Crippen LogP contribution is -2.13. The molecule has 1 aromatic carbocycles. The quantitative estimate of drug-likeness (QED) is 0.743. The van der Waals surface area contributed by atoms with E-state index in [1.165, 1.54) is 0 Å². The Kier molecular flexibility index (Phi) is 4.02. The molecule has 4 nitrogen and oxygen atoms in total. The van der Waals surface area contributed by atoms with E-state index in [9.17, 15) is 4.79 Å². The molecule has 0 aliphatic heterocycles. The van der Waals surface area contributed by atoms with Crippen LogP contribution in [-0.4, -0.2) is 12.7 Å². The number of ether oxygens (including phenoxy) is 1. The van der Waals surface area contributed by atoms with Crippen LogP contribution in [0.2, 0.25) is 0 Å². The van der Waals surface area contributed by atoms with Crippen LogP contribution in [0.3, 0.4) is 0 Å². The van der Waals surface area contributed by atoms with Crippen LogP contribution in [0.1, 0.15) is 6.42 Å². The summed E-state index contributed by atoms with van der Waals surface area (Å²) in [6, 6.07) is 10.9. The first kappa shape index (κ1) is 10.1. The summed E-state index contributed by atoms with van der Waals surface area (Å²) in [4.78, 5) is 11.0. The highest BCUT2D eigenvalue weighted by Gasteiger charge is 2.00. The Morgan fingerprint density at radius 1 is 1.43 bits per heavy atom. The van der Waals surface area contributed by atoms with Crippen LogP contribution in [-0.2, 0) is 4.74 Å². The second kappa shape index (κ2) is 5.60. The highest BCUT2D eigenvalue weighted by Crippen LogP contribution is 2.04. The standard InChI is InChI=1S/C10H10N2O2/c11-7-4-8-14-10(13)12-9-5-2-1-3-6-9/h1-3,5-6H,4,8H2,(H,12,13). The van der Waals surface area contributed by atoms with E-state index >= 15 is 0 Å². The molecule has 1 N–H and O–H groups in total. The minimum Gasteiger partial charge on any atom is -0.448 e. The molecule has 72 valence electrons. The summed E-state index contributed by atoms with van der Waals surface area (Å²) < 4.78 is 4.71. The number of rotatable bonds is 3. The number of para-hydroxylation sites is 1. The summed E-state index contributed by atoms with van der Waals surface area (Å²) in [7, 11) is 0. The average Bonchev–Trinajstić information content (AvgIpc) is 2.20. The summed E-state index contributed by atoms with van der Waals surface area (Å²) in [6.45, 7) is 0.120. The SMILES string of the molecule is N#CCCOC(=O)Nc1ccccc1. The van der Waals surface area contributed by atoms with E-state index in [-0.39, 0.29) is 13.0 Å². The van der Waals surface area contributed by atoms with Crippen molar-refractivity contribution >= 4 is 11.8 Å². The highest BCUT2D eigenvalue weighted by molar-refractivity contribution is 5.84. The third kappa shape index (κ3) is 3.59. The molecule has 0 unspecified atom stereocenters. The molecule has 0 spiro atoms. The van der Waals surface area contributed by atoms with Crippen molar-refractivity contribution in [1.29, 1.82) is 5.26 Å². The van der Waals surface area contributed by atoms with Crippen molar-refractivity contribution in [3.8, 4) is 6.07 Å². The van der Waals surface area contributed by atoms with Gasteiger partial charge in [-0.25, -0.2) is 4.79 Å². The lowest BCUT2D eigenvalue weighted by Gasteiger charge is -2.04. The molecule has 1 aromatic rings. The fourth-order valence-corrected chi connectivity index (χ4v) is 0.865. The van der Waals surface area contributed by atoms with Gasteiger partial charge in [0.05, 0.1) is 12.5 Å². The molecule has 1 amide bonds. The number of carbonyl (C=O) groups excluding carboxylic acids is 1. The first-order valence-electron chi connectivity index (χ1n) is 4.18. The highest BCUT2D eigenvalue weighted by atomic mass is 16.5. The van der Waals surface area contributed by atoms with Crippen LogP contribution < -0.4 is 5.32 Å². The fraction of sp³-hybridized carbons (Fsp3) is 0.200. The molecule has 0 radical (unpaired) electrons. The van der Waals surface area contributed by atoms with E-state index in [4.69, 9.17) is 10.00 Å². The van der Waals surface area contributed by atoms with Crippen LogP contribution in [0.4, 0.5) is 10.5 Å². The second-order valence-corrected chi connectivity index (χ2v) is 2.54. The molecule has 0 atom stereocenters. The molecule has 0 aliphatic carbocycles. The number of carbonyl (C=O) groups is 1. The predicted octanol–water partition coefficient (Wildman–Crippen LogP) is 2.15. The van der Waals surface area contributed by atoms with Gasteiger partial charge in [0.25, 0.3) is 0 Å². The molecule has 1 rings (SSSR count). The molecular weight excluding hydrogens is 180 g/mol. The largest absolute Gasteiger partial charge is 0.448 e. The van der Waals surface area contributed by atoms with Crippen molar-refractivity contribution in [2.45, 2.75) is 6.42 Å². The van der Waals surface area contributed by atoms with Crippen LogP contribution in [0.25, 0.3) is 0 Å². The van der Waals surface area contributed by atoms with Gasteiger partial charge in [0.2, 0.25) is 0 Å². The number of anilines is 1. The first-order chi connectivity index (χ1) is 6.83. The van der Waals surface area contributed by atoms with Gasteiger partial charge in [-0.2, -0.15) is 5.26 Å². The van der Waals surface area contributed by atoms with Gasteiger partial charge in [0, 0.05) is 5.69 Å². The van der Waals surface area contributed by atoms with E-state index in [1.54, 1.807) is 12.1 Å². The zero-order chi connectivity index (χ0) is 10.2. The van der Waals surface area contributed by atoms with E-state index in [0.717, 1.165) is 0 Å². The smallest absolute Gasteiger partial charge is 0.411 e. The van der Waals surface area contributed by atoms with Gasteiger partial charge >= 0.3 is 6.09 Å². The summed E-state index contributed by atoms with van der Waals surface area (Å²) >= 11 is 0. The normalized spacial score (nSPS) is 8.79. The molecule has 0 aliphatic rings. The number of nitriles is 1. The molecular formula is C10H10N2O2. The molecule has 4 heteroatoms. The second-order valence-electron chi connectivity index (χ2n) is 2.54. The Hall–Kier alpha value is -2.02. The molecule has 0 heterocycles. The Labute approximate surface area is 82.1 Å². The maximum absolute atomic E-state index is 11.0. The first-order valence-corrected chi connectivity index (χ1v) is 4.18. The van der Waals surface area contributed by atoms with Gasteiger partial charge in [-0.05, 0) is 12.1 Å². The summed E-state index contributed by atoms with van der Waals surface area (Å²) in [5, 5.41) is 10.7. The maximum Gasteiger partial charge on any atom is 0.411 e. The van der Waals surface area contributed by atoms with Crippen molar-refractivity contribution in [1.82, 2.24) is 0 Å². The van der Waals surface area contributed by atoms with E-state index < -0.39 is 6.09 Å². The van der Waals surface area contributed by atoms with Crippen molar-refractivity contribution < 1.29 is 9.53 Å². The average molecular weight is 190 g/mol. The molecule has 0 bridgehead atoms. The predicted molar refractivity (Wildman–Crippen MR) is 51.6 cm³/mol. The fourth-order valence-electron chi connectivity index (χ4n) is 0.865. The lowest BCUT2D eigenvalue weighted by molar-refractivity contribution is 0.164. The van der Waals surface area contributed by atoms with Gasteiger partial charge in [0.15, 0.2) is 0 Å². The molecule has 0 saturated heterocycles. The number of nitrogens with zero attached hydrogens (tertiary/aromatic N) is 1. The van der Waals surface area contributed by atoms with Crippen LogP contribution >= 0.6 is 0 Å². The minimum absolute atomic E-state index is 0.120. The van der Waals surface area contributed by atoms with E-state index in [2.05, 4.69) is 5.32 Å². The van der Waals surface area contributed by atoms with Crippen molar-refractivity contribution in [3.05, 3.63) is 30.3 Å². The zero-order valence-corrected chi connectivity index (χ0v) is 7.56. The zero-order valence-electron chi connectivity index (χ0n) is 7.56. The Balaban J connectivity index is 2.32. The topological polar surface area (TPSA) is 62.1 Å². The summed E-state index contributed by atoms with van der Waals surface area (Å²) in [6.07, 6.45) is -0.325. The summed E-state index contributed by atoms with van der Waals surface area (Å²) in [5.41, 5.74) is 0.675. The van der Waals surface area contributed by atoms with Crippen LogP contribution in [0.5, 0.6) is 0 Å². The summed E-state index contributed by atoms with van der Waals surface area (Å²) in [5.74, 6) is 0. The van der Waals surface area contributed by atoms with Gasteiger partial charge in [-0.15, -0.1) is 0 Å². The van der Waals surface area contributed by atoms with Gasteiger partial charge in [0.1, 0.15) is 6.61 Å². The third-order valence-electron chi connectivity index (χ3n) is 1.47. The van der Waals surface area contributed by atoms with Gasteiger partial charge < -0.3 is 4.74 Å². The molecule has 0 aromatic heterocycles. The maximum atomic E-state index is 11.0. The number of amides is 1. The van der Waals surface area contributed by atoms with Crippen molar-refractivity contribution in [2.24, 2.45) is 0 Å². The number of nitrogens with one attached hydrogen (secondary N) is 1.